The van der Waals surface area contributed by atoms with Crippen LogP contribution in [0.25, 0.3) is 0 Å². The summed E-state index contributed by atoms with van der Waals surface area (Å²) < 4.78 is 37.3. The lowest BCUT2D eigenvalue weighted by atomic mass is 10.2. The molecule has 1 N–H and O–H groups in total. The number of aromatic nitrogens is 1. The summed E-state index contributed by atoms with van der Waals surface area (Å²) >= 11 is 6.10. The molecule has 0 aliphatic carbocycles. The van der Waals surface area contributed by atoms with Gasteiger partial charge in [0.05, 0.1) is 18.8 Å². The number of carbonyl (C=O) groups excluding carboxylic acids is 1. The first-order valence-electron chi connectivity index (χ1n) is 7.65. The summed E-state index contributed by atoms with van der Waals surface area (Å²) in [5, 5.41) is 2.74. The smallest absolute Gasteiger partial charge is 0.253 e. The largest absolute Gasteiger partial charge is 0.471 e. The van der Waals surface area contributed by atoms with Crippen molar-refractivity contribution < 1.29 is 23.0 Å². The molecule has 0 bridgehead atoms. The molecule has 1 aromatic carbocycles. The summed E-state index contributed by atoms with van der Waals surface area (Å²) in [6.45, 7) is 1.02. The standard InChI is InChI=1S/C17H15ClF2N2O3/c18-14-5-11(8-22-17(14)25-13-3-4-24-9-13)16(23)21-7-10-1-2-12(19)6-15(10)20/h1-2,5-6,8,13H,3-4,7,9H2,(H,21,23). The van der Waals surface area contributed by atoms with Gasteiger partial charge in [-0.3, -0.25) is 4.79 Å². The lowest BCUT2D eigenvalue weighted by molar-refractivity contribution is 0.0950. The number of pyridine rings is 1. The van der Waals surface area contributed by atoms with E-state index in [-0.39, 0.29) is 34.7 Å². The van der Waals surface area contributed by atoms with E-state index in [1.54, 1.807) is 0 Å². The second-order valence-corrected chi connectivity index (χ2v) is 5.94. The molecule has 8 heteroatoms. The third-order valence-electron chi connectivity index (χ3n) is 3.69. The Balaban J connectivity index is 1.62. The van der Waals surface area contributed by atoms with Gasteiger partial charge in [-0.1, -0.05) is 17.7 Å². The molecule has 0 radical (unpaired) electrons. The zero-order valence-corrected chi connectivity index (χ0v) is 13.9. The number of hydrogen-bond donors (Lipinski definition) is 1. The van der Waals surface area contributed by atoms with Crippen LogP contribution in [0.15, 0.2) is 30.5 Å². The topological polar surface area (TPSA) is 60.5 Å². The average Bonchev–Trinajstić information content (AvgIpc) is 3.09. The lowest BCUT2D eigenvalue weighted by Gasteiger charge is -2.12. The molecule has 0 saturated carbocycles. The Morgan fingerprint density at radius 1 is 1.40 bits per heavy atom. The van der Waals surface area contributed by atoms with Gasteiger partial charge in [-0.05, 0) is 12.1 Å². The first-order chi connectivity index (χ1) is 12.0. The van der Waals surface area contributed by atoms with E-state index in [9.17, 15) is 13.6 Å². The van der Waals surface area contributed by atoms with E-state index in [0.29, 0.717) is 13.2 Å². The molecular weight excluding hydrogens is 354 g/mol. The van der Waals surface area contributed by atoms with Crippen molar-refractivity contribution in [1.29, 1.82) is 0 Å². The van der Waals surface area contributed by atoms with E-state index in [1.807, 2.05) is 0 Å². The van der Waals surface area contributed by atoms with E-state index in [1.165, 1.54) is 18.3 Å². The van der Waals surface area contributed by atoms with Crippen LogP contribution in [0.3, 0.4) is 0 Å². The van der Waals surface area contributed by atoms with Crippen LogP contribution in [-0.4, -0.2) is 30.2 Å². The Labute approximate surface area is 147 Å². The number of halogens is 3. The number of nitrogens with zero attached hydrogens (tertiary/aromatic N) is 1. The second kappa shape index (κ2) is 7.76. The monoisotopic (exact) mass is 368 g/mol. The number of rotatable bonds is 5. The van der Waals surface area contributed by atoms with Crippen LogP contribution in [0.4, 0.5) is 8.78 Å². The highest BCUT2D eigenvalue weighted by atomic mass is 35.5. The summed E-state index contributed by atoms with van der Waals surface area (Å²) in [4.78, 5) is 16.2. The van der Waals surface area contributed by atoms with Crippen LogP contribution in [-0.2, 0) is 11.3 Å². The van der Waals surface area contributed by atoms with Crippen LogP contribution in [0, 0.1) is 11.6 Å². The Morgan fingerprint density at radius 2 is 2.24 bits per heavy atom. The quantitative estimate of drug-likeness (QED) is 0.881. The predicted octanol–water partition coefficient (Wildman–Crippen LogP) is 3.11. The minimum absolute atomic E-state index is 0.0831. The third kappa shape index (κ3) is 4.43. The van der Waals surface area contributed by atoms with Gasteiger partial charge < -0.3 is 14.8 Å². The lowest BCUT2D eigenvalue weighted by Crippen LogP contribution is -2.24. The molecule has 1 aliphatic heterocycles. The van der Waals surface area contributed by atoms with Crippen LogP contribution >= 0.6 is 11.6 Å². The number of hydrogen-bond acceptors (Lipinski definition) is 4. The molecule has 5 nitrogen and oxygen atoms in total. The highest BCUT2D eigenvalue weighted by Gasteiger charge is 2.20. The molecule has 1 fully saturated rings. The van der Waals surface area contributed by atoms with Crippen molar-refractivity contribution in [1.82, 2.24) is 10.3 Å². The number of carbonyl (C=O) groups is 1. The van der Waals surface area contributed by atoms with Gasteiger partial charge in [-0.15, -0.1) is 0 Å². The molecule has 25 heavy (non-hydrogen) atoms. The fourth-order valence-electron chi connectivity index (χ4n) is 2.34. The van der Waals surface area contributed by atoms with Crippen molar-refractivity contribution in [2.24, 2.45) is 0 Å². The SMILES string of the molecule is O=C(NCc1ccc(F)cc1F)c1cnc(OC2CCOC2)c(Cl)c1. The average molecular weight is 369 g/mol. The number of amides is 1. The fraction of sp³-hybridized carbons (Fsp3) is 0.294. The Morgan fingerprint density at radius 3 is 2.92 bits per heavy atom. The van der Waals surface area contributed by atoms with Crippen LogP contribution in [0.1, 0.15) is 22.3 Å². The van der Waals surface area contributed by atoms with Gasteiger partial charge in [0, 0.05) is 30.8 Å². The van der Waals surface area contributed by atoms with E-state index < -0.39 is 17.5 Å². The van der Waals surface area contributed by atoms with Gasteiger partial charge in [-0.25, -0.2) is 13.8 Å². The van der Waals surface area contributed by atoms with Crippen molar-refractivity contribution in [3.05, 3.63) is 58.2 Å². The first kappa shape index (κ1) is 17.6. The minimum atomic E-state index is -0.723. The van der Waals surface area contributed by atoms with Crippen LogP contribution in [0.2, 0.25) is 5.02 Å². The molecule has 1 unspecified atom stereocenters. The summed E-state index contributed by atoms with van der Waals surface area (Å²) in [5.41, 5.74) is 0.387. The molecule has 2 aromatic rings. The maximum absolute atomic E-state index is 13.6. The van der Waals surface area contributed by atoms with Gasteiger partial charge in [0.25, 0.3) is 5.91 Å². The molecule has 1 aliphatic rings. The maximum atomic E-state index is 13.6. The van der Waals surface area contributed by atoms with Crippen molar-refractivity contribution in [2.45, 2.75) is 19.1 Å². The highest BCUT2D eigenvalue weighted by Crippen LogP contribution is 2.25. The molecule has 1 aromatic heterocycles. The Kier molecular flexibility index (Phi) is 5.45. The molecule has 1 saturated heterocycles. The number of nitrogens with one attached hydrogen (secondary N) is 1. The maximum Gasteiger partial charge on any atom is 0.253 e. The summed E-state index contributed by atoms with van der Waals surface area (Å²) in [6.07, 6.45) is 1.97. The molecule has 1 amide bonds. The van der Waals surface area contributed by atoms with Gasteiger partial charge in [-0.2, -0.15) is 0 Å². The van der Waals surface area contributed by atoms with E-state index >= 15 is 0 Å². The number of ether oxygens (including phenoxy) is 2. The summed E-state index contributed by atoms with van der Waals surface area (Å²) in [6, 6.07) is 4.59. The summed E-state index contributed by atoms with van der Waals surface area (Å²) in [7, 11) is 0. The molecule has 0 spiro atoms. The Bertz CT molecular complexity index is 782. The molecule has 132 valence electrons. The van der Waals surface area contributed by atoms with Gasteiger partial charge >= 0.3 is 0 Å². The second-order valence-electron chi connectivity index (χ2n) is 5.53. The van der Waals surface area contributed by atoms with E-state index in [2.05, 4.69) is 10.3 Å². The van der Waals surface area contributed by atoms with Gasteiger partial charge in [0.1, 0.15) is 22.8 Å². The number of benzene rings is 1. The highest BCUT2D eigenvalue weighted by molar-refractivity contribution is 6.32. The van der Waals surface area contributed by atoms with Gasteiger partial charge in [0.15, 0.2) is 0 Å². The van der Waals surface area contributed by atoms with Crippen LogP contribution in [0.5, 0.6) is 5.88 Å². The predicted molar refractivity (Wildman–Crippen MR) is 86.6 cm³/mol. The van der Waals surface area contributed by atoms with Crippen molar-refractivity contribution >= 4 is 17.5 Å². The zero-order chi connectivity index (χ0) is 17.8. The van der Waals surface area contributed by atoms with Crippen molar-refractivity contribution in [3.8, 4) is 5.88 Å². The molecule has 3 rings (SSSR count). The Hall–Kier alpha value is -2.25. The zero-order valence-electron chi connectivity index (χ0n) is 13.1. The van der Waals surface area contributed by atoms with Gasteiger partial charge in [0.2, 0.25) is 5.88 Å². The normalized spacial score (nSPS) is 16.7. The van der Waals surface area contributed by atoms with Crippen molar-refractivity contribution in [3.63, 3.8) is 0 Å². The molecular formula is C17H15ClF2N2O3. The van der Waals surface area contributed by atoms with E-state index in [4.69, 9.17) is 21.1 Å². The van der Waals surface area contributed by atoms with E-state index in [0.717, 1.165) is 18.6 Å². The molecule has 2 heterocycles. The fourth-order valence-corrected chi connectivity index (χ4v) is 2.55. The summed E-state index contributed by atoms with van der Waals surface area (Å²) in [5.74, 6) is -1.64. The molecule has 1 atom stereocenters. The van der Waals surface area contributed by atoms with Crippen LogP contribution < -0.4 is 10.1 Å². The third-order valence-corrected chi connectivity index (χ3v) is 3.96. The first-order valence-corrected chi connectivity index (χ1v) is 8.03. The minimum Gasteiger partial charge on any atom is -0.471 e. The van der Waals surface area contributed by atoms with Crippen molar-refractivity contribution in [2.75, 3.05) is 13.2 Å².